The maximum Gasteiger partial charge on any atom is 0.216 e. The SMILES string of the molecule is Cc1cc(C)nc(N2CCN(Cc3ccc(C(Cl)(Cl)Cl)cc3)CC2)c1. The van der Waals surface area contributed by atoms with Crippen LogP contribution in [0.2, 0.25) is 0 Å². The summed E-state index contributed by atoms with van der Waals surface area (Å²) in [5, 5.41) is 0. The molecule has 1 aliphatic heterocycles. The molecule has 3 rings (SSSR count). The van der Waals surface area contributed by atoms with Crippen LogP contribution in [0.3, 0.4) is 0 Å². The fourth-order valence-electron chi connectivity index (χ4n) is 3.17. The largest absolute Gasteiger partial charge is 0.354 e. The number of aryl methyl sites for hydroxylation is 2. The molecule has 1 fully saturated rings. The van der Waals surface area contributed by atoms with Crippen molar-refractivity contribution >= 4 is 40.6 Å². The van der Waals surface area contributed by atoms with Gasteiger partial charge in [-0.15, -0.1) is 0 Å². The molecule has 2 heterocycles. The van der Waals surface area contributed by atoms with Crippen LogP contribution in [0.25, 0.3) is 0 Å². The predicted molar refractivity (Wildman–Crippen MR) is 107 cm³/mol. The Labute approximate surface area is 164 Å². The molecule has 0 bridgehead atoms. The quantitative estimate of drug-likeness (QED) is 0.689. The molecule has 1 aliphatic rings. The predicted octanol–water partition coefficient (Wildman–Crippen LogP) is 4.85. The van der Waals surface area contributed by atoms with Crippen LogP contribution in [0.1, 0.15) is 22.4 Å². The maximum atomic E-state index is 5.91. The van der Waals surface area contributed by atoms with Crippen LogP contribution in [-0.4, -0.2) is 36.1 Å². The van der Waals surface area contributed by atoms with Crippen molar-refractivity contribution in [2.75, 3.05) is 31.1 Å². The van der Waals surface area contributed by atoms with E-state index in [4.69, 9.17) is 34.8 Å². The molecule has 2 aromatic rings. The number of aromatic nitrogens is 1. The lowest BCUT2D eigenvalue weighted by Crippen LogP contribution is -2.46. The molecule has 0 spiro atoms. The second-order valence-electron chi connectivity index (χ2n) is 6.60. The third-order valence-electron chi connectivity index (χ3n) is 4.47. The molecule has 0 saturated carbocycles. The Kier molecular flexibility index (Phi) is 5.79. The fourth-order valence-corrected chi connectivity index (χ4v) is 3.55. The van der Waals surface area contributed by atoms with Gasteiger partial charge in [-0.2, -0.15) is 0 Å². The molecule has 0 radical (unpaired) electrons. The van der Waals surface area contributed by atoms with E-state index in [1.165, 1.54) is 11.1 Å². The highest BCUT2D eigenvalue weighted by molar-refractivity contribution is 6.66. The van der Waals surface area contributed by atoms with Crippen LogP contribution in [0, 0.1) is 13.8 Å². The first kappa shape index (κ1) is 18.8. The zero-order valence-corrected chi connectivity index (χ0v) is 16.7. The van der Waals surface area contributed by atoms with E-state index in [0.717, 1.165) is 44.2 Å². The van der Waals surface area contributed by atoms with Gasteiger partial charge in [0.25, 0.3) is 0 Å². The molecule has 1 saturated heterocycles. The minimum Gasteiger partial charge on any atom is -0.354 e. The van der Waals surface area contributed by atoms with Gasteiger partial charge in [-0.25, -0.2) is 4.98 Å². The zero-order valence-electron chi connectivity index (χ0n) is 14.5. The van der Waals surface area contributed by atoms with Gasteiger partial charge in [0.05, 0.1) is 0 Å². The van der Waals surface area contributed by atoms with Crippen LogP contribution in [0.15, 0.2) is 36.4 Å². The van der Waals surface area contributed by atoms with Gasteiger partial charge in [0.2, 0.25) is 3.79 Å². The minimum atomic E-state index is -1.36. The third kappa shape index (κ3) is 5.01. The first-order valence-electron chi connectivity index (χ1n) is 8.40. The first-order chi connectivity index (χ1) is 11.8. The number of benzene rings is 1. The van der Waals surface area contributed by atoms with E-state index in [0.29, 0.717) is 5.56 Å². The summed E-state index contributed by atoms with van der Waals surface area (Å²) in [5.74, 6) is 1.09. The van der Waals surface area contributed by atoms with Gasteiger partial charge in [-0.3, -0.25) is 4.90 Å². The topological polar surface area (TPSA) is 19.4 Å². The highest BCUT2D eigenvalue weighted by Crippen LogP contribution is 2.38. The second kappa shape index (κ2) is 7.71. The molecule has 0 aliphatic carbocycles. The number of alkyl halides is 3. The van der Waals surface area contributed by atoms with E-state index >= 15 is 0 Å². The highest BCUT2D eigenvalue weighted by Gasteiger charge is 2.23. The smallest absolute Gasteiger partial charge is 0.216 e. The molecule has 134 valence electrons. The van der Waals surface area contributed by atoms with Gasteiger partial charge < -0.3 is 4.90 Å². The number of nitrogens with zero attached hydrogens (tertiary/aromatic N) is 3. The Morgan fingerprint density at radius 3 is 2.16 bits per heavy atom. The van der Waals surface area contributed by atoms with Crippen molar-refractivity contribution in [3.63, 3.8) is 0 Å². The van der Waals surface area contributed by atoms with Gasteiger partial charge in [-0.05, 0) is 37.1 Å². The van der Waals surface area contributed by atoms with Gasteiger partial charge in [0.1, 0.15) is 5.82 Å². The van der Waals surface area contributed by atoms with E-state index in [9.17, 15) is 0 Å². The van der Waals surface area contributed by atoms with Crippen LogP contribution >= 0.6 is 34.8 Å². The second-order valence-corrected chi connectivity index (χ2v) is 8.88. The zero-order chi connectivity index (χ0) is 18.0. The van der Waals surface area contributed by atoms with Crippen LogP contribution in [0.5, 0.6) is 0 Å². The molecule has 1 aromatic heterocycles. The molecule has 0 unspecified atom stereocenters. The van der Waals surface area contributed by atoms with Crippen LogP contribution in [-0.2, 0) is 10.3 Å². The Morgan fingerprint density at radius 1 is 0.960 bits per heavy atom. The number of pyridine rings is 1. The molecule has 25 heavy (non-hydrogen) atoms. The number of halogens is 3. The van der Waals surface area contributed by atoms with Crippen molar-refractivity contribution < 1.29 is 0 Å². The third-order valence-corrected chi connectivity index (χ3v) is 5.12. The summed E-state index contributed by atoms with van der Waals surface area (Å²) in [5.41, 5.74) is 4.27. The van der Waals surface area contributed by atoms with Crippen molar-refractivity contribution in [3.05, 3.63) is 58.8 Å². The molecule has 3 nitrogen and oxygen atoms in total. The summed E-state index contributed by atoms with van der Waals surface area (Å²) in [6.45, 7) is 9.09. The molecule has 6 heteroatoms. The number of hydrogen-bond acceptors (Lipinski definition) is 3. The summed E-state index contributed by atoms with van der Waals surface area (Å²) in [6.07, 6.45) is 0. The first-order valence-corrected chi connectivity index (χ1v) is 9.53. The number of piperazine rings is 1. The Hall–Kier alpha value is -1.000. The number of rotatable bonds is 3. The highest BCUT2D eigenvalue weighted by atomic mass is 35.6. The van der Waals surface area contributed by atoms with Crippen molar-refractivity contribution in [2.45, 2.75) is 24.2 Å². The van der Waals surface area contributed by atoms with E-state index in [1.54, 1.807) is 0 Å². The molecule has 0 N–H and O–H groups in total. The summed E-state index contributed by atoms with van der Waals surface area (Å²) >= 11 is 17.7. The molecule has 1 aromatic carbocycles. The lowest BCUT2D eigenvalue weighted by atomic mass is 10.1. The monoisotopic (exact) mass is 397 g/mol. The molecular formula is C19H22Cl3N3. The summed E-state index contributed by atoms with van der Waals surface area (Å²) in [4.78, 5) is 9.48. The van der Waals surface area contributed by atoms with Crippen molar-refractivity contribution in [3.8, 4) is 0 Å². The average molecular weight is 399 g/mol. The lowest BCUT2D eigenvalue weighted by Gasteiger charge is -2.35. The molecular weight excluding hydrogens is 377 g/mol. The Balaban J connectivity index is 1.57. The van der Waals surface area contributed by atoms with Gasteiger partial charge in [0.15, 0.2) is 0 Å². The fraction of sp³-hybridized carbons (Fsp3) is 0.421. The normalized spacial score (nSPS) is 16.3. The van der Waals surface area contributed by atoms with E-state index in [2.05, 4.69) is 33.8 Å². The van der Waals surface area contributed by atoms with E-state index in [1.807, 2.05) is 31.2 Å². The van der Waals surface area contributed by atoms with Crippen molar-refractivity contribution in [1.82, 2.24) is 9.88 Å². The average Bonchev–Trinajstić information content (AvgIpc) is 2.54. The van der Waals surface area contributed by atoms with Crippen molar-refractivity contribution in [2.24, 2.45) is 0 Å². The lowest BCUT2D eigenvalue weighted by molar-refractivity contribution is 0.249. The number of hydrogen-bond donors (Lipinski definition) is 0. The minimum absolute atomic E-state index is 0.701. The van der Waals surface area contributed by atoms with Crippen LogP contribution < -0.4 is 4.90 Å². The van der Waals surface area contributed by atoms with Crippen LogP contribution in [0.4, 0.5) is 5.82 Å². The molecule has 0 atom stereocenters. The Bertz CT molecular complexity index is 697. The summed E-state index contributed by atoms with van der Waals surface area (Å²) in [7, 11) is 0. The molecule has 0 amide bonds. The van der Waals surface area contributed by atoms with Gasteiger partial charge in [-0.1, -0.05) is 59.1 Å². The summed E-state index contributed by atoms with van der Waals surface area (Å²) in [6, 6.07) is 12.1. The van der Waals surface area contributed by atoms with E-state index < -0.39 is 3.79 Å². The van der Waals surface area contributed by atoms with Gasteiger partial charge in [0, 0.05) is 44.0 Å². The summed E-state index contributed by atoms with van der Waals surface area (Å²) < 4.78 is -1.36. The standard InChI is InChI=1S/C19H22Cl3N3/c1-14-11-15(2)23-18(12-14)25-9-7-24(8-10-25)13-16-3-5-17(6-4-16)19(20,21)22/h3-6,11-12H,7-10,13H2,1-2H3. The maximum absolute atomic E-state index is 5.91. The Morgan fingerprint density at radius 2 is 1.60 bits per heavy atom. The van der Waals surface area contributed by atoms with Gasteiger partial charge >= 0.3 is 0 Å². The van der Waals surface area contributed by atoms with Crippen molar-refractivity contribution in [1.29, 1.82) is 0 Å². The number of anilines is 1. The van der Waals surface area contributed by atoms with E-state index in [-0.39, 0.29) is 0 Å².